The first-order chi connectivity index (χ1) is 13.3. The molecule has 2 aromatic rings. The molecule has 2 rings (SSSR count). The van der Waals surface area contributed by atoms with Crippen LogP contribution >= 0.6 is 0 Å². The van der Waals surface area contributed by atoms with Gasteiger partial charge in [-0.3, -0.25) is 5.01 Å². The third-order valence-corrected chi connectivity index (χ3v) is 4.25. The lowest BCUT2D eigenvalue weighted by atomic mass is 10.1. The molecule has 2 aromatic carbocycles. The van der Waals surface area contributed by atoms with Gasteiger partial charge in [0.05, 0.1) is 5.69 Å². The Balaban J connectivity index is 2.02. The van der Waals surface area contributed by atoms with Gasteiger partial charge in [-0.2, -0.15) is 0 Å². The van der Waals surface area contributed by atoms with Crippen LogP contribution < -0.4 is 16.7 Å². The lowest BCUT2D eigenvalue weighted by molar-refractivity contribution is 0.117. The van der Waals surface area contributed by atoms with Crippen LogP contribution in [0.5, 0.6) is 0 Å². The van der Waals surface area contributed by atoms with Crippen molar-refractivity contribution >= 4 is 17.6 Å². The van der Waals surface area contributed by atoms with Crippen molar-refractivity contribution in [3.8, 4) is 0 Å². The molecule has 0 aliphatic carbocycles. The lowest BCUT2D eigenvalue weighted by Gasteiger charge is -2.23. The second kappa shape index (κ2) is 9.72. The average Bonchev–Trinajstić information content (AvgIpc) is 2.67. The summed E-state index contributed by atoms with van der Waals surface area (Å²) >= 11 is 0. The predicted octanol–water partition coefficient (Wildman–Crippen LogP) is 2.98. The van der Waals surface area contributed by atoms with Crippen molar-refractivity contribution in [2.75, 3.05) is 12.1 Å². The highest BCUT2D eigenvalue weighted by Crippen LogP contribution is 2.23. The van der Waals surface area contributed by atoms with Crippen LogP contribution in [0.25, 0.3) is 0 Å². The smallest absolute Gasteiger partial charge is 0.352 e. The van der Waals surface area contributed by atoms with Gasteiger partial charge in [-0.15, -0.1) is 0 Å². The molecule has 0 aliphatic heterocycles. The maximum Gasteiger partial charge on any atom is 0.352 e. The number of hydrazine groups is 2. The molecule has 4 N–H and O–H groups in total. The maximum absolute atomic E-state index is 12.0. The zero-order valence-electron chi connectivity index (χ0n) is 16.7. The molecule has 0 heterocycles. The summed E-state index contributed by atoms with van der Waals surface area (Å²) in [7, 11) is 1.42. The summed E-state index contributed by atoms with van der Waals surface area (Å²) in [6.45, 7) is 6.19. The van der Waals surface area contributed by atoms with Gasteiger partial charge < -0.3 is 9.57 Å². The molecular formula is C20H27N5O3. The highest BCUT2D eigenvalue weighted by Gasteiger charge is 2.19. The van der Waals surface area contributed by atoms with Crippen LogP contribution in [-0.4, -0.2) is 24.0 Å². The Bertz CT molecular complexity index is 851. The highest BCUT2D eigenvalue weighted by molar-refractivity contribution is 5.91. The fourth-order valence-corrected chi connectivity index (χ4v) is 2.54. The monoisotopic (exact) mass is 385 g/mol. The number of oxime groups is 1. The molecule has 150 valence electrons. The second-order valence-electron chi connectivity index (χ2n) is 6.43. The van der Waals surface area contributed by atoms with Gasteiger partial charge in [0.1, 0.15) is 13.2 Å². The van der Waals surface area contributed by atoms with Crippen molar-refractivity contribution in [1.29, 1.82) is 0 Å². The van der Waals surface area contributed by atoms with E-state index in [9.17, 15) is 4.79 Å². The number of ether oxygens (including phenoxy) is 1. The molecule has 0 unspecified atom stereocenters. The minimum atomic E-state index is -0.548. The van der Waals surface area contributed by atoms with Crippen LogP contribution in [0.1, 0.15) is 29.2 Å². The summed E-state index contributed by atoms with van der Waals surface area (Å²) in [5, 5.41) is 5.90. The Morgan fingerprint density at radius 2 is 1.71 bits per heavy atom. The zero-order valence-corrected chi connectivity index (χ0v) is 16.7. The summed E-state index contributed by atoms with van der Waals surface area (Å²) in [6, 6.07) is 12.9. The Morgan fingerprint density at radius 1 is 1.04 bits per heavy atom. The van der Waals surface area contributed by atoms with Crippen LogP contribution in [-0.2, 0) is 22.8 Å². The topological polar surface area (TPSA) is 106 Å². The molecule has 0 saturated carbocycles. The van der Waals surface area contributed by atoms with Crippen LogP contribution in [0.3, 0.4) is 0 Å². The Hall–Kier alpha value is -3.10. The number of aryl methyl sites for hydroxylation is 2. The quantitative estimate of drug-likeness (QED) is 0.261. The largest absolute Gasteiger partial charge is 0.474 e. The molecule has 0 aromatic heterocycles. The molecule has 0 spiro atoms. The number of carbonyl (C=O) groups is 1. The Morgan fingerprint density at radius 3 is 2.39 bits per heavy atom. The minimum absolute atomic E-state index is 0.127. The summed E-state index contributed by atoms with van der Waals surface area (Å²) in [5.74, 6) is 11.8. The average molecular weight is 385 g/mol. The van der Waals surface area contributed by atoms with Crippen molar-refractivity contribution in [2.24, 2.45) is 16.8 Å². The van der Waals surface area contributed by atoms with E-state index in [1.165, 1.54) is 7.05 Å². The molecule has 0 fully saturated rings. The summed E-state index contributed by atoms with van der Waals surface area (Å²) in [5.41, 5.74) is 4.38. The normalized spacial score (nSPS) is 11.1. The molecule has 8 heteroatoms. The number of amides is 2. The molecule has 0 saturated heterocycles. The van der Waals surface area contributed by atoms with Crippen LogP contribution in [0.4, 0.5) is 10.5 Å². The molecule has 8 nitrogen and oxygen atoms in total. The second-order valence-corrected chi connectivity index (χ2v) is 6.43. The fraction of sp³-hybridized carbons (Fsp3) is 0.300. The number of urea groups is 1. The molecule has 0 bridgehead atoms. The van der Waals surface area contributed by atoms with E-state index in [-0.39, 0.29) is 6.61 Å². The van der Waals surface area contributed by atoms with Gasteiger partial charge >= 0.3 is 6.03 Å². The van der Waals surface area contributed by atoms with Crippen molar-refractivity contribution in [3.05, 3.63) is 64.7 Å². The van der Waals surface area contributed by atoms with E-state index < -0.39 is 6.03 Å². The first-order valence-corrected chi connectivity index (χ1v) is 8.80. The number of hydrogen-bond acceptors (Lipinski definition) is 6. The van der Waals surface area contributed by atoms with Crippen LogP contribution in [0, 0.1) is 13.8 Å². The SMILES string of the molecule is CC(=NOCc1c(C)cccc1N(N)C(=O)N(C)N)OCc1ccccc1C. The van der Waals surface area contributed by atoms with E-state index in [4.69, 9.17) is 21.3 Å². The molecular weight excluding hydrogens is 358 g/mol. The number of nitrogens with two attached hydrogens (primary N) is 2. The van der Waals surface area contributed by atoms with Gasteiger partial charge in [-0.1, -0.05) is 41.6 Å². The van der Waals surface area contributed by atoms with E-state index >= 15 is 0 Å². The van der Waals surface area contributed by atoms with E-state index in [1.54, 1.807) is 19.1 Å². The van der Waals surface area contributed by atoms with Crippen LogP contribution in [0.2, 0.25) is 0 Å². The number of carbonyl (C=O) groups excluding carboxylic acids is 1. The molecule has 28 heavy (non-hydrogen) atoms. The van der Waals surface area contributed by atoms with Gasteiger partial charge in [0.25, 0.3) is 0 Å². The molecule has 0 aliphatic rings. The lowest BCUT2D eigenvalue weighted by Crippen LogP contribution is -2.49. The predicted molar refractivity (Wildman–Crippen MR) is 109 cm³/mol. The standard InChI is InChI=1S/C20H27N5O3/c1-14-8-5-6-10-17(14)12-27-16(3)23-28-13-18-15(2)9-7-11-19(18)25(22)20(26)24(4)21/h5-11H,12-13,21-22H2,1-4H3. The van der Waals surface area contributed by atoms with Crippen molar-refractivity contribution in [3.63, 3.8) is 0 Å². The van der Waals surface area contributed by atoms with Crippen molar-refractivity contribution in [1.82, 2.24) is 5.01 Å². The highest BCUT2D eigenvalue weighted by atomic mass is 16.6. The van der Waals surface area contributed by atoms with Gasteiger partial charge in [-0.25, -0.2) is 21.5 Å². The summed E-state index contributed by atoms with van der Waals surface area (Å²) < 4.78 is 5.64. The van der Waals surface area contributed by atoms with E-state index in [2.05, 4.69) is 5.16 Å². The zero-order chi connectivity index (χ0) is 20.7. The number of hydrogen-bond donors (Lipinski definition) is 2. The first-order valence-electron chi connectivity index (χ1n) is 8.80. The minimum Gasteiger partial charge on any atom is -0.474 e. The Kier molecular flexibility index (Phi) is 7.36. The van der Waals surface area contributed by atoms with Crippen molar-refractivity contribution < 1.29 is 14.4 Å². The van der Waals surface area contributed by atoms with E-state index in [0.717, 1.165) is 32.3 Å². The third-order valence-electron chi connectivity index (χ3n) is 4.25. The van der Waals surface area contributed by atoms with E-state index in [1.807, 2.05) is 44.2 Å². The molecule has 2 amide bonds. The summed E-state index contributed by atoms with van der Waals surface area (Å²) in [4.78, 5) is 17.5. The van der Waals surface area contributed by atoms with Gasteiger partial charge in [0.15, 0.2) is 0 Å². The number of nitrogens with zero attached hydrogens (tertiary/aromatic N) is 3. The number of benzene rings is 2. The summed E-state index contributed by atoms with van der Waals surface area (Å²) in [6.07, 6.45) is 0. The van der Waals surface area contributed by atoms with Gasteiger partial charge in [0.2, 0.25) is 5.90 Å². The molecule has 0 atom stereocenters. The number of anilines is 1. The molecule has 0 radical (unpaired) electrons. The first kappa shape index (κ1) is 21.2. The van der Waals surface area contributed by atoms with E-state index in [0.29, 0.717) is 18.2 Å². The van der Waals surface area contributed by atoms with Gasteiger partial charge in [0, 0.05) is 19.5 Å². The fourth-order valence-electron chi connectivity index (χ4n) is 2.54. The van der Waals surface area contributed by atoms with Gasteiger partial charge in [-0.05, 0) is 36.6 Å². The number of rotatable bonds is 6. The Labute approximate surface area is 165 Å². The van der Waals surface area contributed by atoms with Crippen LogP contribution in [0.15, 0.2) is 47.6 Å². The van der Waals surface area contributed by atoms with Crippen molar-refractivity contribution in [2.45, 2.75) is 34.0 Å². The maximum atomic E-state index is 12.0. The third kappa shape index (κ3) is 5.45.